The summed E-state index contributed by atoms with van der Waals surface area (Å²) < 4.78 is 0. The van der Waals surface area contributed by atoms with Crippen LogP contribution in [0.4, 0.5) is 0 Å². The second kappa shape index (κ2) is 8.14. The van der Waals surface area contributed by atoms with Gasteiger partial charge in [0.05, 0.1) is 5.69 Å². The first-order valence-electron chi connectivity index (χ1n) is 10.7. The molecule has 1 heterocycles. The molecule has 0 bridgehead atoms. The van der Waals surface area contributed by atoms with Gasteiger partial charge in [0, 0.05) is 11.8 Å². The molecular formula is C28H35N. The molecule has 0 atom stereocenters. The van der Waals surface area contributed by atoms with E-state index in [1.807, 2.05) is 0 Å². The Balaban J connectivity index is 2.06. The summed E-state index contributed by atoms with van der Waals surface area (Å²) in [5.74, 6) is 0. The minimum atomic E-state index is 0.244. The van der Waals surface area contributed by atoms with Crippen molar-refractivity contribution in [3.63, 3.8) is 0 Å². The van der Waals surface area contributed by atoms with Crippen LogP contribution >= 0.6 is 0 Å². The lowest BCUT2D eigenvalue weighted by atomic mass is 9.81. The molecule has 0 saturated carbocycles. The minimum absolute atomic E-state index is 0.244. The van der Waals surface area contributed by atoms with Gasteiger partial charge in [-0.15, -0.1) is 0 Å². The summed E-state index contributed by atoms with van der Waals surface area (Å²) in [5.41, 5.74) is 9.39. The lowest BCUT2D eigenvalue weighted by molar-refractivity contribution is 0.392. The van der Waals surface area contributed by atoms with Crippen LogP contribution in [0.2, 0.25) is 0 Å². The quantitative estimate of drug-likeness (QED) is 0.445. The number of aromatic nitrogens is 1. The van der Waals surface area contributed by atoms with Crippen LogP contribution in [-0.2, 0) is 12.8 Å². The van der Waals surface area contributed by atoms with Crippen LogP contribution in [-0.4, -0.2) is 4.98 Å². The van der Waals surface area contributed by atoms with Crippen LogP contribution < -0.4 is 0 Å². The normalized spacial score (nSPS) is 12.2. The Hall–Kier alpha value is -2.41. The molecule has 0 N–H and O–H groups in total. The first kappa shape index (κ1) is 21.3. The third-order valence-corrected chi connectivity index (χ3v) is 5.14. The highest BCUT2D eigenvalue weighted by molar-refractivity contribution is 5.74. The molecule has 0 saturated heterocycles. The molecule has 0 spiro atoms. The standard InChI is InChI=1S/C28H35N/c1-20-13-14-22(15-25(20)21-11-9-8-10-12-21)26-16-23(17-27(2,3)4)24(19-29-26)18-28(5,6)7/h8-16,19H,17-18H2,1-7H3. The molecule has 0 unspecified atom stereocenters. The number of rotatable bonds is 4. The van der Waals surface area contributed by atoms with Gasteiger partial charge in [0.25, 0.3) is 0 Å². The average molecular weight is 386 g/mol. The predicted octanol–water partition coefficient (Wildman–Crippen LogP) is 7.90. The van der Waals surface area contributed by atoms with Gasteiger partial charge in [0.1, 0.15) is 0 Å². The van der Waals surface area contributed by atoms with Crippen LogP contribution in [0.25, 0.3) is 22.4 Å². The highest BCUT2D eigenvalue weighted by Gasteiger charge is 2.19. The maximum atomic E-state index is 4.89. The summed E-state index contributed by atoms with van der Waals surface area (Å²) in [5, 5.41) is 0. The summed E-state index contributed by atoms with van der Waals surface area (Å²) in [7, 11) is 0. The van der Waals surface area contributed by atoms with Crippen LogP contribution in [0.3, 0.4) is 0 Å². The molecule has 2 aromatic carbocycles. The molecule has 1 nitrogen and oxygen atoms in total. The van der Waals surface area contributed by atoms with Crippen molar-refractivity contribution in [3.8, 4) is 22.4 Å². The van der Waals surface area contributed by atoms with Gasteiger partial charge in [-0.25, -0.2) is 0 Å². The van der Waals surface area contributed by atoms with Gasteiger partial charge in [-0.2, -0.15) is 0 Å². The van der Waals surface area contributed by atoms with Crippen molar-refractivity contribution in [2.24, 2.45) is 10.8 Å². The summed E-state index contributed by atoms with van der Waals surface area (Å²) in [4.78, 5) is 4.89. The summed E-state index contributed by atoms with van der Waals surface area (Å²) in [6.45, 7) is 16.0. The zero-order chi connectivity index (χ0) is 21.2. The monoisotopic (exact) mass is 385 g/mol. The maximum absolute atomic E-state index is 4.89. The summed E-state index contributed by atoms with van der Waals surface area (Å²) in [6, 6.07) is 19.7. The molecule has 0 fully saturated rings. The Bertz CT molecular complexity index is 969. The highest BCUT2D eigenvalue weighted by Crippen LogP contribution is 2.32. The second-order valence-corrected chi connectivity index (χ2v) is 10.7. The van der Waals surface area contributed by atoms with Crippen molar-refractivity contribution in [1.29, 1.82) is 0 Å². The fourth-order valence-electron chi connectivity index (χ4n) is 3.86. The number of nitrogens with zero attached hydrogens (tertiary/aromatic N) is 1. The minimum Gasteiger partial charge on any atom is -0.256 e. The van der Waals surface area contributed by atoms with E-state index in [4.69, 9.17) is 4.98 Å². The lowest BCUT2D eigenvalue weighted by Crippen LogP contribution is -2.15. The Labute approximate surface area is 177 Å². The van der Waals surface area contributed by atoms with E-state index < -0.39 is 0 Å². The number of hydrogen-bond acceptors (Lipinski definition) is 1. The Morgan fingerprint density at radius 3 is 1.93 bits per heavy atom. The van der Waals surface area contributed by atoms with Crippen molar-refractivity contribution in [1.82, 2.24) is 4.98 Å². The molecule has 29 heavy (non-hydrogen) atoms. The highest BCUT2D eigenvalue weighted by atomic mass is 14.7. The van der Waals surface area contributed by atoms with E-state index in [0.29, 0.717) is 0 Å². The van der Waals surface area contributed by atoms with Crippen molar-refractivity contribution in [2.75, 3.05) is 0 Å². The molecule has 152 valence electrons. The van der Waals surface area contributed by atoms with Crippen LogP contribution in [0, 0.1) is 17.8 Å². The predicted molar refractivity (Wildman–Crippen MR) is 126 cm³/mol. The fourth-order valence-corrected chi connectivity index (χ4v) is 3.86. The second-order valence-electron chi connectivity index (χ2n) is 10.7. The molecule has 0 amide bonds. The molecule has 0 radical (unpaired) electrons. The largest absolute Gasteiger partial charge is 0.256 e. The zero-order valence-electron chi connectivity index (χ0n) is 19.1. The smallest absolute Gasteiger partial charge is 0.0705 e. The molecular weight excluding hydrogens is 350 g/mol. The van der Waals surface area contributed by atoms with E-state index in [1.165, 1.54) is 33.4 Å². The Kier molecular flexibility index (Phi) is 5.98. The molecule has 3 rings (SSSR count). The van der Waals surface area contributed by atoms with Crippen LogP contribution in [0.5, 0.6) is 0 Å². The third-order valence-electron chi connectivity index (χ3n) is 5.14. The summed E-state index contributed by atoms with van der Waals surface area (Å²) >= 11 is 0. The number of benzene rings is 2. The van der Waals surface area contributed by atoms with Crippen molar-refractivity contribution >= 4 is 0 Å². The van der Waals surface area contributed by atoms with Gasteiger partial charge >= 0.3 is 0 Å². The van der Waals surface area contributed by atoms with E-state index in [2.05, 4.69) is 109 Å². The fraction of sp³-hybridized carbons (Fsp3) is 0.393. The van der Waals surface area contributed by atoms with Crippen molar-refractivity contribution < 1.29 is 0 Å². The summed E-state index contributed by atoms with van der Waals surface area (Å²) in [6.07, 6.45) is 4.23. The first-order valence-corrected chi connectivity index (χ1v) is 10.7. The van der Waals surface area contributed by atoms with Crippen molar-refractivity contribution in [3.05, 3.63) is 77.5 Å². The number of pyridine rings is 1. The van der Waals surface area contributed by atoms with Crippen LogP contribution in [0.1, 0.15) is 58.2 Å². The molecule has 0 aliphatic carbocycles. The van der Waals surface area contributed by atoms with E-state index in [1.54, 1.807) is 0 Å². The van der Waals surface area contributed by atoms with Crippen LogP contribution in [0.15, 0.2) is 60.8 Å². The van der Waals surface area contributed by atoms with E-state index >= 15 is 0 Å². The Morgan fingerprint density at radius 2 is 1.31 bits per heavy atom. The maximum Gasteiger partial charge on any atom is 0.0705 e. The molecule has 3 aromatic rings. The molecule has 0 aliphatic heterocycles. The Morgan fingerprint density at radius 1 is 0.690 bits per heavy atom. The number of hydrogen-bond donors (Lipinski definition) is 0. The van der Waals surface area contributed by atoms with E-state index in [-0.39, 0.29) is 10.8 Å². The van der Waals surface area contributed by atoms with Gasteiger partial charge in [-0.1, -0.05) is 84.0 Å². The van der Waals surface area contributed by atoms with Gasteiger partial charge in [-0.3, -0.25) is 4.98 Å². The molecule has 1 aromatic heterocycles. The number of aryl methyl sites for hydroxylation is 1. The van der Waals surface area contributed by atoms with E-state index in [0.717, 1.165) is 18.5 Å². The third kappa shape index (κ3) is 5.79. The first-order chi connectivity index (χ1) is 13.5. The van der Waals surface area contributed by atoms with E-state index in [9.17, 15) is 0 Å². The lowest BCUT2D eigenvalue weighted by Gasteiger charge is -2.25. The van der Waals surface area contributed by atoms with Gasteiger partial charge < -0.3 is 0 Å². The van der Waals surface area contributed by atoms with Gasteiger partial charge in [-0.05, 0) is 70.5 Å². The SMILES string of the molecule is Cc1ccc(-c2cc(CC(C)(C)C)c(CC(C)(C)C)cn2)cc1-c1ccccc1. The van der Waals surface area contributed by atoms with Gasteiger partial charge in [0.15, 0.2) is 0 Å². The topological polar surface area (TPSA) is 12.9 Å². The average Bonchev–Trinajstić information content (AvgIpc) is 2.62. The van der Waals surface area contributed by atoms with Crippen molar-refractivity contribution in [2.45, 2.75) is 61.3 Å². The van der Waals surface area contributed by atoms with Gasteiger partial charge in [0.2, 0.25) is 0 Å². The molecule has 0 aliphatic rings. The molecule has 1 heteroatoms. The zero-order valence-corrected chi connectivity index (χ0v) is 19.1.